The first-order valence-corrected chi connectivity index (χ1v) is 8.10. The molecule has 0 atom stereocenters. The fourth-order valence-corrected chi connectivity index (χ4v) is 3.13. The van der Waals surface area contributed by atoms with Crippen molar-refractivity contribution in [1.29, 1.82) is 0 Å². The summed E-state index contributed by atoms with van der Waals surface area (Å²) in [5, 5.41) is 3.90. The van der Waals surface area contributed by atoms with E-state index in [1.165, 1.54) is 12.8 Å². The summed E-state index contributed by atoms with van der Waals surface area (Å²) in [4.78, 5) is 26.3. The minimum atomic E-state index is -0.137. The Hall–Kier alpha value is -2.05. The van der Waals surface area contributed by atoms with Crippen LogP contribution in [0.1, 0.15) is 31.2 Å². The molecule has 0 saturated carbocycles. The highest BCUT2D eigenvalue weighted by Crippen LogP contribution is 2.21. The van der Waals surface area contributed by atoms with Crippen LogP contribution < -0.4 is 5.32 Å². The maximum absolute atomic E-state index is 12.2. The van der Waals surface area contributed by atoms with Gasteiger partial charge in [-0.05, 0) is 31.1 Å². The standard InChI is InChI=1S/C17H19N5O.2ClH/c23-16-14(10-12-11-19-15-13(12)6-5-7-18-15)20-17(21-16)22-8-3-1-2-4-9-22;;/h5-7,10-11H,1-4,8-9H2,(H,18,19)(H,20,21,23);2*1H/b14-10-;;. The average molecular weight is 382 g/mol. The van der Waals surface area contributed by atoms with E-state index in [0.29, 0.717) is 11.7 Å². The summed E-state index contributed by atoms with van der Waals surface area (Å²) in [5.74, 6) is 0.559. The summed E-state index contributed by atoms with van der Waals surface area (Å²) < 4.78 is 0. The Balaban J connectivity index is 0.00000113. The highest BCUT2D eigenvalue weighted by Gasteiger charge is 2.25. The predicted octanol–water partition coefficient (Wildman–Crippen LogP) is 3.11. The first kappa shape index (κ1) is 19.3. The lowest BCUT2D eigenvalue weighted by atomic mass is 10.2. The number of likely N-dealkylation sites (tertiary alicyclic amines) is 1. The second-order valence-electron chi connectivity index (χ2n) is 5.96. The van der Waals surface area contributed by atoms with Crippen LogP contribution >= 0.6 is 24.8 Å². The molecule has 0 aliphatic carbocycles. The van der Waals surface area contributed by atoms with Crippen LogP contribution in [0.25, 0.3) is 17.1 Å². The fourth-order valence-electron chi connectivity index (χ4n) is 3.13. The number of aromatic nitrogens is 2. The van der Waals surface area contributed by atoms with Crippen molar-refractivity contribution >= 4 is 53.8 Å². The number of guanidine groups is 1. The molecule has 2 aliphatic rings. The molecule has 1 amide bonds. The molecule has 0 spiro atoms. The number of hydrogen-bond acceptors (Lipinski definition) is 4. The topological polar surface area (TPSA) is 73.4 Å². The number of amides is 1. The lowest BCUT2D eigenvalue weighted by Gasteiger charge is -2.20. The van der Waals surface area contributed by atoms with Gasteiger partial charge >= 0.3 is 0 Å². The van der Waals surface area contributed by atoms with Gasteiger partial charge in [-0.3, -0.25) is 10.1 Å². The molecule has 0 bridgehead atoms. The third-order valence-electron chi connectivity index (χ3n) is 4.37. The van der Waals surface area contributed by atoms with Crippen LogP contribution in [0.15, 0.2) is 35.2 Å². The van der Waals surface area contributed by atoms with Gasteiger partial charge in [0, 0.05) is 36.4 Å². The van der Waals surface area contributed by atoms with Gasteiger partial charge in [-0.25, -0.2) is 9.98 Å². The Morgan fingerprint density at radius 2 is 1.88 bits per heavy atom. The quantitative estimate of drug-likeness (QED) is 0.745. The Bertz CT molecular complexity index is 806. The first-order chi connectivity index (χ1) is 11.3. The second-order valence-corrected chi connectivity index (χ2v) is 5.96. The third-order valence-corrected chi connectivity index (χ3v) is 4.37. The number of pyridine rings is 1. The zero-order chi connectivity index (χ0) is 15.6. The average Bonchev–Trinajstić information content (AvgIpc) is 3.01. The molecule has 1 fully saturated rings. The van der Waals surface area contributed by atoms with Crippen molar-refractivity contribution in [2.24, 2.45) is 4.99 Å². The summed E-state index contributed by atoms with van der Waals surface area (Å²) in [7, 11) is 0. The molecule has 0 aromatic carbocycles. The molecule has 0 unspecified atom stereocenters. The molecule has 4 rings (SSSR count). The fraction of sp³-hybridized carbons (Fsp3) is 0.353. The van der Waals surface area contributed by atoms with Crippen molar-refractivity contribution in [1.82, 2.24) is 20.2 Å². The molecule has 2 aromatic heterocycles. The molecule has 4 heterocycles. The van der Waals surface area contributed by atoms with Crippen LogP contribution in [0.5, 0.6) is 0 Å². The minimum absolute atomic E-state index is 0. The van der Waals surface area contributed by atoms with Gasteiger partial charge < -0.3 is 9.88 Å². The number of aliphatic imine (C=N–C) groups is 1. The van der Waals surface area contributed by atoms with Crippen molar-refractivity contribution < 1.29 is 4.79 Å². The smallest absolute Gasteiger partial charge is 0.276 e. The van der Waals surface area contributed by atoms with Crippen molar-refractivity contribution in [2.45, 2.75) is 25.7 Å². The summed E-state index contributed by atoms with van der Waals surface area (Å²) >= 11 is 0. The number of nitrogens with zero attached hydrogens (tertiary/aromatic N) is 3. The van der Waals surface area contributed by atoms with Crippen molar-refractivity contribution in [3.63, 3.8) is 0 Å². The van der Waals surface area contributed by atoms with Crippen LogP contribution in [0.2, 0.25) is 0 Å². The van der Waals surface area contributed by atoms with Gasteiger partial charge in [0.05, 0.1) is 0 Å². The number of H-pyrrole nitrogens is 1. The summed E-state index contributed by atoms with van der Waals surface area (Å²) in [6, 6.07) is 3.87. The monoisotopic (exact) mass is 381 g/mol. The number of halogens is 2. The van der Waals surface area contributed by atoms with E-state index in [2.05, 4.69) is 25.2 Å². The first-order valence-electron chi connectivity index (χ1n) is 8.10. The van der Waals surface area contributed by atoms with Gasteiger partial charge in [-0.2, -0.15) is 0 Å². The Labute approximate surface area is 158 Å². The SMILES string of the molecule is Cl.Cl.O=C1NC(N2CCCCCC2)=N/C1=C\c1c[nH]c2ncccc12. The molecule has 2 aromatic rings. The molecule has 0 radical (unpaired) electrons. The van der Waals surface area contributed by atoms with Crippen molar-refractivity contribution in [2.75, 3.05) is 13.1 Å². The normalized spacial score (nSPS) is 19.0. The van der Waals surface area contributed by atoms with E-state index in [-0.39, 0.29) is 30.7 Å². The molecule has 2 N–H and O–H groups in total. The van der Waals surface area contributed by atoms with E-state index in [0.717, 1.165) is 42.5 Å². The lowest BCUT2D eigenvalue weighted by Crippen LogP contribution is -2.40. The number of carbonyl (C=O) groups excluding carboxylic acids is 1. The highest BCUT2D eigenvalue weighted by molar-refractivity contribution is 6.14. The van der Waals surface area contributed by atoms with E-state index in [9.17, 15) is 4.79 Å². The molecular formula is C17H21Cl2N5O. The third kappa shape index (κ3) is 3.96. The number of nitrogens with one attached hydrogen (secondary N) is 2. The van der Waals surface area contributed by atoms with Gasteiger partial charge in [-0.15, -0.1) is 24.8 Å². The zero-order valence-corrected chi connectivity index (χ0v) is 15.3. The number of aromatic amines is 1. The van der Waals surface area contributed by atoms with Crippen LogP contribution in [-0.4, -0.2) is 39.8 Å². The molecule has 1 saturated heterocycles. The van der Waals surface area contributed by atoms with Crippen LogP contribution in [0.4, 0.5) is 0 Å². The molecule has 25 heavy (non-hydrogen) atoms. The summed E-state index contributed by atoms with van der Waals surface area (Å²) in [6.45, 7) is 1.92. The maximum atomic E-state index is 12.2. The Kier molecular flexibility index (Phi) is 6.45. The Morgan fingerprint density at radius 1 is 1.12 bits per heavy atom. The van der Waals surface area contributed by atoms with E-state index in [1.54, 1.807) is 6.20 Å². The zero-order valence-electron chi connectivity index (χ0n) is 13.7. The molecule has 2 aliphatic heterocycles. The highest BCUT2D eigenvalue weighted by atomic mass is 35.5. The van der Waals surface area contributed by atoms with Gasteiger partial charge in [0.1, 0.15) is 11.3 Å². The molecular weight excluding hydrogens is 361 g/mol. The van der Waals surface area contributed by atoms with E-state index >= 15 is 0 Å². The lowest BCUT2D eigenvalue weighted by molar-refractivity contribution is -0.115. The van der Waals surface area contributed by atoms with Gasteiger partial charge in [0.15, 0.2) is 0 Å². The van der Waals surface area contributed by atoms with Crippen molar-refractivity contribution in [3.05, 3.63) is 35.8 Å². The largest absolute Gasteiger partial charge is 0.346 e. The molecule has 134 valence electrons. The number of fused-ring (bicyclic) bond motifs is 1. The molecule has 6 nitrogen and oxygen atoms in total. The number of hydrogen-bond donors (Lipinski definition) is 2. The van der Waals surface area contributed by atoms with Crippen LogP contribution in [0, 0.1) is 0 Å². The summed E-state index contributed by atoms with van der Waals surface area (Å²) in [5.41, 5.74) is 2.20. The van der Waals surface area contributed by atoms with E-state index < -0.39 is 0 Å². The van der Waals surface area contributed by atoms with Gasteiger partial charge in [0.2, 0.25) is 5.96 Å². The molecule has 8 heteroatoms. The maximum Gasteiger partial charge on any atom is 0.276 e. The number of carbonyl (C=O) groups is 1. The van der Waals surface area contributed by atoms with E-state index in [4.69, 9.17) is 0 Å². The van der Waals surface area contributed by atoms with Crippen LogP contribution in [0.3, 0.4) is 0 Å². The number of rotatable bonds is 1. The predicted molar refractivity (Wildman–Crippen MR) is 104 cm³/mol. The van der Waals surface area contributed by atoms with Gasteiger partial charge in [-0.1, -0.05) is 12.8 Å². The Morgan fingerprint density at radius 3 is 2.64 bits per heavy atom. The second kappa shape index (κ2) is 8.36. The summed E-state index contributed by atoms with van der Waals surface area (Å²) in [6.07, 6.45) is 10.2. The minimum Gasteiger partial charge on any atom is -0.346 e. The van der Waals surface area contributed by atoms with Crippen molar-refractivity contribution in [3.8, 4) is 0 Å². The van der Waals surface area contributed by atoms with E-state index in [1.807, 2.05) is 24.4 Å². The van der Waals surface area contributed by atoms with Crippen LogP contribution in [-0.2, 0) is 4.79 Å². The van der Waals surface area contributed by atoms with Gasteiger partial charge in [0.25, 0.3) is 5.91 Å².